The van der Waals surface area contributed by atoms with Crippen molar-refractivity contribution in [3.8, 4) is 5.75 Å². The standard InChI is InChI=1S/C22H28N2O4/c1-5-19(28-20-12-8-9-15(2)16(20)3)22(26)24-18-11-7-6-10-17(18)21(25)23-13-14-27-4/h6-12,19H,5,13-14H2,1-4H3,(H,23,25)(H,24,26)/t19-/m1/s1. The predicted octanol–water partition coefficient (Wildman–Crippen LogP) is 3.48. The van der Waals surface area contributed by atoms with Crippen molar-refractivity contribution in [1.29, 1.82) is 0 Å². The number of hydrogen-bond donors (Lipinski definition) is 2. The summed E-state index contributed by atoms with van der Waals surface area (Å²) in [5.74, 6) is 0.129. The van der Waals surface area contributed by atoms with Crippen molar-refractivity contribution < 1.29 is 19.1 Å². The van der Waals surface area contributed by atoms with E-state index in [-0.39, 0.29) is 11.8 Å². The van der Waals surface area contributed by atoms with E-state index >= 15 is 0 Å². The zero-order chi connectivity index (χ0) is 20.5. The lowest BCUT2D eigenvalue weighted by molar-refractivity contribution is -0.122. The molecule has 0 fully saturated rings. The van der Waals surface area contributed by atoms with E-state index in [0.29, 0.717) is 36.6 Å². The van der Waals surface area contributed by atoms with E-state index in [1.165, 1.54) is 0 Å². The lowest BCUT2D eigenvalue weighted by Gasteiger charge is -2.20. The molecule has 0 saturated carbocycles. The third-order valence-electron chi connectivity index (χ3n) is 4.51. The molecule has 1 atom stereocenters. The van der Waals surface area contributed by atoms with E-state index < -0.39 is 6.10 Å². The van der Waals surface area contributed by atoms with Gasteiger partial charge in [0.1, 0.15) is 5.75 Å². The van der Waals surface area contributed by atoms with Gasteiger partial charge in [-0.1, -0.05) is 31.2 Å². The summed E-state index contributed by atoms with van der Waals surface area (Å²) in [6, 6.07) is 12.7. The summed E-state index contributed by atoms with van der Waals surface area (Å²) in [6.07, 6.45) is -0.161. The van der Waals surface area contributed by atoms with Crippen LogP contribution in [0.1, 0.15) is 34.8 Å². The van der Waals surface area contributed by atoms with Crippen molar-refractivity contribution in [2.45, 2.75) is 33.3 Å². The summed E-state index contributed by atoms with van der Waals surface area (Å²) in [6.45, 7) is 6.67. The number of carbonyl (C=O) groups excluding carboxylic acids is 2. The highest BCUT2D eigenvalue weighted by molar-refractivity contribution is 6.04. The lowest BCUT2D eigenvalue weighted by Crippen LogP contribution is -2.34. The van der Waals surface area contributed by atoms with Crippen LogP contribution in [0.25, 0.3) is 0 Å². The number of ether oxygens (including phenoxy) is 2. The van der Waals surface area contributed by atoms with Crippen LogP contribution in [0.15, 0.2) is 42.5 Å². The summed E-state index contributed by atoms with van der Waals surface area (Å²) >= 11 is 0. The Hall–Kier alpha value is -2.86. The van der Waals surface area contributed by atoms with E-state index in [0.717, 1.165) is 11.1 Å². The molecule has 0 radical (unpaired) electrons. The molecule has 0 bridgehead atoms. The van der Waals surface area contributed by atoms with Crippen LogP contribution in [0.3, 0.4) is 0 Å². The molecule has 150 valence electrons. The normalized spacial score (nSPS) is 11.6. The highest BCUT2D eigenvalue weighted by atomic mass is 16.5. The maximum Gasteiger partial charge on any atom is 0.265 e. The smallest absolute Gasteiger partial charge is 0.265 e. The van der Waals surface area contributed by atoms with Crippen molar-refractivity contribution in [1.82, 2.24) is 5.32 Å². The summed E-state index contributed by atoms with van der Waals surface area (Å²) < 4.78 is 10.9. The lowest BCUT2D eigenvalue weighted by atomic mass is 10.1. The van der Waals surface area contributed by atoms with Crippen LogP contribution in [0.5, 0.6) is 5.75 Å². The van der Waals surface area contributed by atoms with E-state index in [1.807, 2.05) is 39.0 Å². The number of para-hydroxylation sites is 1. The number of aryl methyl sites for hydroxylation is 1. The van der Waals surface area contributed by atoms with Gasteiger partial charge in [-0.3, -0.25) is 9.59 Å². The van der Waals surface area contributed by atoms with Gasteiger partial charge >= 0.3 is 0 Å². The minimum Gasteiger partial charge on any atom is -0.480 e. The van der Waals surface area contributed by atoms with Gasteiger partial charge in [0.25, 0.3) is 11.8 Å². The third-order valence-corrected chi connectivity index (χ3v) is 4.51. The monoisotopic (exact) mass is 384 g/mol. The Morgan fingerprint density at radius 1 is 1.07 bits per heavy atom. The first-order chi connectivity index (χ1) is 13.5. The Morgan fingerprint density at radius 3 is 2.54 bits per heavy atom. The third kappa shape index (κ3) is 5.57. The summed E-state index contributed by atoms with van der Waals surface area (Å²) in [4.78, 5) is 25.2. The maximum atomic E-state index is 12.8. The minimum atomic E-state index is -0.662. The number of amides is 2. The number of methoxy groups -OCH3 is 1. The van der Waals surface area contributed by atoms with Crippen molar-refractivity contribution in [2.75, 3.05) is 25.6 Å². The second-order valence-electron chi connectivity index (χ2n) is 6.50. The van der Waals surface area contributed by atoms with Crippen LogP contribution in [0.2, 0.25) is 0 Å². The highest BCUT2D eigenvalue weighted by Gasteiger charge is 2.21. The van der Waals surface area contributed by atoms with Crippen molar-refractivity contribution in [2.24, 2.45) is 0 Å². The summed E-state index contributed by atoms with van der Waals surface area (Å²) in [5, 5.41) is 5.59. The number of benzene rings is 2. The number of nitrogens with one attached hydrogen (secondary N) is 2. The number of anilines is 1. The van der Waals surface area contributed by atoms with Crippen LogP contribution in [0.4, 0.5) is 5.69 Å². The zero-order valence-corrected chi connectivity index (χ0v) is 16.9. The van der Waals surface area contributed by atoms with E-state index in [9.17, 15) is 9.59 Å². The molecule has 28 heavy (non-hydrogen) atoms. The molecular formula is C22H28N2O4. The van der Waals surface area contributed by atoms with Gasteiger partial charge in [-0.15, -0.1) is 0 Å². The highest BCUT2D eigenvalue weighted by Crippen LogP contribution is 2.23. The number of rotatable bonds is 9. The Morgan fingerprint density at radius 2 is 1.82 bits per heavy atom. The quantitative estimate of drug-likeness (QED) is 0.649. The fourth-order valence-electron chi connectivity index (χ4n) is 2.69. The Bertz CT molecular complexity index is 820. The van der Waals surface area contributed by atoms with E-state index in [2.05, 4.69) is 10.6 Å². The fraction of sp³-hybridized carbons (Fsp3) is 0.364. The van der Waals surface area contributed by atoms with Crippen LogP contribution in [-0.2, 0) is 9.53 Å². The molecule has 0 aliphatic carbocycles. The molecule has 2 aromatic carbocycles. The van der Waals surface area contributed by atoms with Gasteiger partial charge in [0, 0.05) is 13.7 Å². The second-order valence-corrected chi connectivity index (χ2v) is 6.50. The first kappa shape index (κ1) is 21.4. The molecule has 0 aromatic heterocycles. The van der Waals surface area contributed by atoms with Gasteiger partial charge in [0.2, 0.25) is 0 Å². The fourth-order valence-corrected chi connectivity index (χ4v) is 2.69. The molecular weight excluding hydrogens is 356 g/mol. The molecule has 0 unspecified atom stereocenters. The van der Waals surface area contributed by atoms with Crippen LogP contribution in [0, 0.1) is 13.8 Å². The molecule has 2 rings (SSSR count). The predicted molar refractivity (Wildman–Crippen MR) is 110 cm³/mol. The Labute approximate surface area is 166 Å². The minimum absolute atomic E-state index is 0.267. The number of carbonyl (C=O) groups is 2. The van der Waals surface area contributed by atoms with E-state index in [4.69, 9.17) is 9.47 Å². The van der Waals surface area contributed by atoms with Gasteiger partial charge in [-0.05, 0) is 49.6 Å². The Balaban J connectivity index is 2.12. The molecule has 6 heteroatoms. The summed E-state index contributed by atoms with van der Waals surface area (Å²) in [5.41, 5.74) is 2.96. The molecule has 0 aliphatic heterocycles. The topological polar surface area (TPSA) is 76.7 Å². The van der Waals surface area contributed by atoms with E-state index in [1.54, 1.807) is 31.4 Å². The first-order valence-electron chi connectivity index (χ1n) is 9.37. The molecule has 0 saturated heterocycles. The molecule has 0 aliphatic rings. The SMILES string of the molecule is CC[C@@H](Oc1cccc(C)c1C)C(=O)Nc1ccccc1C(=O)NCCOC. The van der Waals surface area contributed by atoms with Gasteiger partial charge in [-0.2, -0.15) is 0 Å². The van der Waals surface area contributed by atoms with Gasteiger partial charge in [-0.25, -0.2) is 0 Å². The molecule has 2 amide bonds. The van der Waals surface area contributed by atoms with Crippen molar-refractivity contribution in [3.05, 3.63) is 59.2 Å². The van der Waals surface area contributed by atoms with Crippen LogP contribution < -0.4 is 15.4 Å². The second kappa shape index (κ2) is 10.5. The van der Waals surface area contributed by atoms with Crippen molar-refractivity contribution >= 4 is 17.5 Å². The van der Waals surface area contributed by atoms with Gasteiger partial charge in [0.05, 0.1) is 17.9 Å². The Kier molecular flexibility index (Phi) is 8.02. The summed E-state index contributed by atoms with van der Waals surface area (Å²) in [7, 11) is 1.57. The molecule has 2 N–H and O–H groups in total. The van der Waals surface area contributed by atoms with Gasteiger partial charge in [0.15, 0.2) is 6.10 Å². The zero-order valence-electron chi connectivity index (χ0n) is 16.9. The van der Waals surface area contributed by atoms with Crippen molar-refractivity contribution in [3.63, 3.8) is 0 Å². The average Bonchev–Trinajstić information content (AvgIpc) is 2.69. The molecule has 0 spiro atoms. The number of hydrogen-bond acceptors (Lipinski definition) is 4. The molecule has 0 heterocycles. The maximum absolute atomic E-state index is 12.8. The first-order valence-corrected chi connectivity index (χ1v) is 9.37. The molecule has 6 nitrogen and oxygen atoms in total. The van der Waals surface area contributed by atoms with Crippen LogP contribution >= 0.6 is 0 Å². The van der Waals surface area contributed by atoms with Gasteiger partial charge < -0.3 is 20.1 Å². The molecule has 2 aromatic rings. The van der Waals surface area contributed by atoms with Crippen LogP contribution in [-0.4, -0.2) is 38.2 Å². The average molecular weight is 384 g/mol. The largest absolute Gasteiger partial charge is 0.480 e.